The fraction of sp³-hybridized carbons (Fsp3) is 0.286. The number of aromatic hydroxyl groups is 1. The summed E-state index contributed by atoms with van der Waals surface area (Å²) in [5, 5.41) is 19.3. The van der Waals surface area contributed by atoms with Crippen molar-refractivity contribution in [3.8, 4) is 17.4 Å². The molecular formula is C21H23N3O4. The molecule has 0 aliphatic rings. The van der Waals surface area contributed by atoms with E-state index in [4.69, 9.17) is 9.47 Å². The molecule has 0 aliphatic heterocycles. The highest BCUT2D eigenvalue weighted by Crippen LogP contribution is 2.39. The molecule has 7 heteroatoms. The lowest BCUT2D eigenvalue weighted by molar-refractivity contribution is 0.0994. The Labute approximate surface area is 163 Å². The van der Waals surface area contributed by atoms with Gasteiger partial charge in [0, 0.05) is 17.5 Å². The highest BCUT2D eigenvalue weighted by atomic mass is 16.5. The fourth-order valence-electron chi connectivity index (χ4n) is 3.11. The van der Waals surface area contributed by atoms with E-state index in [1.807, 2.05) is 32.0 Å². The maximum absolute atomic E-state index is 12.5. The van der Waals surface area contributed by atoms with Gasteiger partial charge in [-0.3, -0.25) is 4.79 Å². The Bertz CT molecular complexity index is 1050. The molecule has 0 atom stereocenters. The van der Waals surface area contributed by atoms with Crippen molar-refractivity contribution in [3.05, 3.63) is 47.5 Å². The molecule has 3 rings (SSSR count). The van der Waals surface area contributed by atoms with Gasteiger partial charge in [-0.1, -0.05) is 18.6 Å². The van der Waals surface area contributed by atoms with Gasteiger partial charge in [0.05, 0.1) is 19.7 Å². The van der Waals surface area contributed by atoms with Crippen LogP contribution < -0.4 is 9.47 Å². The fourth-order valence-corrected chi connectivity index (χ4v) is 3.11. The van der Waals surface area contributed by atoms with Crippen LogP contribution in [0.3, 0.4) is 0 Å². The first-order valence-electron chi connectivity index (χ1n) is 9.00. The minimum atomic E-state index is -0.538. The summed E-state index contributed by atoms with van der Waals surface area (Å²) in [5.74, 6) is 0.420. The normalized spacial score (nSPS) is 11.3. The summed E-state index contributed by atoms with van der Waals surface area (Å²) in [6.07, 6.45) is 0.854. The Balaban J connectivity index is 2.00. The van der Waals surface area contributed by atoms with Crippen molar-refractivity contribution in [3.63, 3.8) is 0 Å². The molecule has 1 amide bonds. The van der Waals surface area contributed by atoms with Crippen LogP contribution in [0, 0.1) is 6.92 Å². The van der Waals surface area contributed by atoms with Gasteiger partial charge in [0.2, 0.25) is 5.88 Å². The first kappa shape index (κ1) is 19.4. The maximum Gasteiger partial charge on any atom is 0.295 e. The van der Waals surface area contributed by atoms with Crippen molar-refractivity contribution >= 4 is 22.5 Å². The molecule has 0 fully saturated rings. The van der Waals surface area contributed by atoms with E-state index in [2.05, 4.69) is 10.2 Å². The van der Waals surface area contributed by atoms with Gasteiger partial charge in [-0.2, -0.15) is 0 Å². The van der Waals surface area contributed by atoms with Crippen LogP contribution in [0.5, 0.6) is 17.4 Å². The van der Waals surface area contributed by atoms with Gasteiger partial charge in [0.1, 0.15) is 0 Å². The predicted molar refractivity (Wildman–Crippen MR) is 107 cm³/mol. The van der Waals surface area contributed by atoms with Crippen LogP contribution in [-0.4, -0.2) is 29.8 Å². The molecule has 1 N–H and O–H groups in total. The van der Waals surface area contributed by atoms with Gasteiger partial charge in [0.15, 0.2) is 17.2 Å². The van der Waals surface area contributed by atoms with E-state index in [9.17, 15) is 9.90 Å². The number of nitrogens with zero attached hydrogens (tertiary/aromatic N) is 3. The number of fused-ring (bicyclic) bond motifs is 1. The minimum Gasteiger partial charge on any atom is -0.493 e. The highest BCUT2D eigenvalue weighted by Gasteiger charge is 2.17. The van der Waals surface area contributed by atoms with Crippen molar-refractivity contribution in [1.29, 1.82) is 0 Å². The molecule has 0 radical (unpaired) electrons. The quantitative estimate of drug-likeness (QED) is 0.608. The number of hydrogen-bond donors (Lipinski definition) is 1. The maximum atomic E-state index is 12.5. The van der Waals surface area contributed by atoms with E-state index in [0.717, 1.165) is 22.9 Å². The molecule has 1 aromatic heterocycles. The van der Waals surface area contributed by atoms with E-state index >= 15 is 0 Å². The topological polar surface area (TPSA) is 85.4 Å². The Morgan fingerprint density at radius 3 is 2.54 bits per heavy atom. The largest absolute Gasteiger partial charge is 0.493 e. The van der Waals surface area contributed by atoms with E-state index in [-0.39, 0.29) is 5.88 Å². The molecular weight excluding hydrogens is 358 g/mol. The third-order valence-electron chi connectivity index (χ3n) is 4.48. The number of carbonyl (C=O) groups excluding carboxylic acids is 1. The minimum absolute atomic E-state index is 0.00584. The number of aryl methyl sites for hydroxylation is 2. The van der Waals surface area contributed by atoms with Crippen molar-refractivity contribution in [2.45, 2.75) is 26.8 Å². The van der Waals surface area contributed by atoms with Crippen LogP contribution in [0.1, 0.15) is 29.3 Å². The number of ether oxygens (including phenoxy) is 2. The van der Waals surface area contributed by atoms with Crippen molar-refractivity contribution in [1.82, 2.24) is 4.57 Å². The molecule has 0 spiro atoms. The molecule has 7 nitrogen and oxygen atoms in total. The third kappa shape index (κ3) is 3.55. The summed E-state index contributed by atoms with van der Waals surface area (Å²) >= 11 is 0. The first-order valence-corrected chi connectivity index (χ1v) is 9.00. The van der Waals surface area contributed by atoms with Crippen LogP contribution in [0.4, 0.5) is 5.69 Å². The van der Waals surface area contributed by atoms with Crippen molar-refractivity contribution in [2.75, 3.05) is 14.2 Å². The number of carbonyl (C=O) groups is 1. The summed E-state index contributed by atoms with van der Waals surface area (Å²) in [6.45, 7) is 4.63. The molecule has 0 bridgehead atoms. The zero-order valence-electron chi connectivity index (χ0n) is 16.4. The van der Waals surface area contributed by atoms with Gasteiger partial charge in [-0.15, -0.1) is 10.2 Å². The van der Waals surface area contributed by atoms with Gasteiger partial charge in [-0.25, -0.2) is 0 Å². The summed E-state index contributed by atoms with van der Waals surface area (Å²) in [5.41, 5.74) is 2.50. The predicted octanol–water partition coefficient (Wildman–Crippen LogP) is 5.01. The van der Waals surface area contributed by atoms with Crippen LogP contribution >= 0.6 is 0 Å². The molecule has 3 aromatic rings. The smallest absolute Gasteiger partial charge is 0.295 e. The third-order valence-corrected chi connectivity index (χ3v) is 4.48. The molecule has 28 heavy (non-hydrogen) atoms. The van der Waals surface area contributed by atoms with E-state index in [1.165, 1.54) is 14.2 Å². The standard InChI is InChI=1S/C21H23N3O4/c1-5-10-24-16-8-6-13(2)11-15(16)19(21(24)26)22-23-20(25)14-7-9-17(27-3)18(12-14)28-4/h6-9,11-12,26H,5,10H2,1-4H3. The van der Waals surface area contributed by atoms with Crippen molar-refractivity contribution in [2.24, 2.45) is 10.2 Å². The molecule has 0 saturated heterocycles. The summed E-state index contributed by atoms with van der Waals surface area (Å²) in [4.78, 5) is 12.5. The zero-order chi connectivity index (χ0) is 20.3. The van der Waals surface area contributed by atoms with Gasteiger partial charge in [0.25, 0.3) is 5.91 Å². The zero-order valence-corrected chi connectivity index (χ0v) is 16.4. The molecule has 0 unspecified atom stereocenters. The number of aromatic nitrogens is 1. The molecule has 2 aromatic carbocycles. The Morgan fingerprint density at radius 1 is 1.11 bits per heavy atom. The van der Waals surface area contributed by atoms with Gasteiger partial charge >= 0.3 is 0 Å². The number of benzene rings is 2. The molecule has 0 saturated carbocycles. The van der Waals surface area contributed by atoms with E-state index in [0.29, 0.717) is 29.3 Å². The second kappa shape index (κ2) is 8.12. The average molecular weight is 381 g/mol. The molecule has 0 aliphatic carbocycles. The monoisotopic (exact) mass is 381 g/mol. The summed E-state index contributed by atoms with van der Waals surface area (Å²) < 4.78 is 12.2. The lowest BCUT2D eigenvalue weighted by Gasteiger charge is -2.07. The molecule has 146 valence electrons. The average Bonchev–Trinajstić information content (AvgIpc) is 2.96. The lowest BCUT2D eigenvalue weighted by atomic mass is 10.1. The SMILES string of the molecule is CCCn1c(O)c(N=NC(=O)c2ccc(OC)c(OC)c2)c2cc(C)ccc21. The number of hydrogen-bond acceptors (Lipinski definition) is 5. The van der Waals surface area contributed by atoms with Crippen LogP contribution in [0.2, 0.25) is 0 Å². The number of rotatable bonds is 6. The van der Waals surface area contributed by atoms with Crippen LogP contribution in [0.25, 0.3) is 10.9 Å². The second-order valence-corrected chi connectivity index (χ2v) is 6.42. The van der Waals surface area contributed by atoms with Gasteiger partial charge in [-0.05, 0) is 43.7 Å². The number of amides is 1. The number of methoxy groups -OCH3 is 2. The van der Waals surface area contributed by atoms with Crippen molar-refractivity contribution < 1.29 is 19.4 Å². The number of azo groups is 1. The first-order chi connectivity index (χ1) is 13.5. The Hall–Kier alpha value is -3.35. The molecule has 1 heterocycles. The van der Waals surface area contributed by atoms with E-state index in [1.54, 1.807) is 22.8 Å². The second-order valence-electron chi connectivity index (χ2n) is 6.42. The Kier molecular flexibility index (Phi) is 5.63. The highest BCUT2D eigenvalue weighted by molar-refractivity contribution is 5.98. The summed E-state index contributed by atoms with van der Waals surface area (Å²) in [7, 11) is 3.02. The van der Waals surface area contributed by atoms with Gasteiger partial charge < -0.3 is 19.1 Å². The van der Waals surface area contributed by atoms with E-state index < -0.39 is 5.91 Å². The van der Waals surface area contributed by atoms with Crippen LogP contribution in [0.15, 0.2) is 46.6 Å². The summed E-state index contributed by atoms with van der Waals surface area (Å²) in [6, 6.07) is 10.6. The van der Waals surface area contributed by atoms with Crippen LogP contribution in [-0.2, 0) is 6.54 Å². The lowest BCUT2D eigenvalue weighted by Crippen LogP contribution is -1.97. The Morgan fingerprint density at radius 2 is 1.86 bits per heavy atom.